The number of rotatable bonds is 6. The van der Waals surface area contributed by atoms with Crippen LogP contribution in [0.1, 0.15) is 44.9 Å². The summed E-state index contributed by atoms with van der Waals surface area (Å²) in [5.41, 5.74) is 2.96. The lowest BCUT2D eigenvalue weighted by Crippen LogP contribution is -2.18. The molecule has 0 bridgehead atoms. The Morgan fingerprint density at radius 3 is 2.66 bits per heavy atom. The Hall–Kier alpha value is -2.92. The fourth-order valence-corrected chi connectivity index (χ4v) is 3.96. The summed E-state index contributed by atoms with van der Waals surface area (Å²) >= 11 is 0. The van der Waals surface area contributed by atoms with Gasteiger partial charge in [0.05, 0.1) is 11.7 Å². The van der Waals surface area contributed by atoms with Crippen molar-refractivity contribution in [2.24, 2.45) is 0 Å². The van der Waals surface area contributed by atoms with Gasteiger partial charge in [0.25, 0.3) is 0 Å². The summed E-state index contributed by atoms with van der Waals surface area (Å²) in [5, 5.41) is 2.02. The van der Waals surface area contributed by atoms with Crippen molar-refractivity contribution in [3.8, 4) is 0 Å². The van der Waals surface area contributed by atoms with E-state index in [2.05, 4.69) is 4.57 Å². The molecular weight excluding hydrogens is 366 g/mol. The smallest absolute Gasteiger partial charge is 0.338 e. The molecule has 0 N–H and O–H groups in total. The van der Waals surface area contributed by atoms with E-state index in [1.165, 1.54) is 0 Å². The highest BCUT2D eigenvalue weighted by molar-refractivity contribution is 6.01. The first-order valence-corrected chi connectivity index (χ1v) is 10.0. The second-order valence-corrected chi connectivity index (χ2v) is 7.59. The number of Topliss-reactive ketones (excluding diaryl/α,β-unsaturated/α-hetero) is 1. The van der Waals surface area contributed by atoms with Crippen LogP contribution in [0.25, 0.3) is 10.8 Å². The second-order valence-electron chi connectivity index (χ2n) is 7.59. The van der Waals surface area contributed by atoms with E-state index in [0.29, 0.717) is 11.1 Å². The van der Waals surface area contributed by atoms with Crippen LogP contribution in [-0.4, -0.2) is 35.6 Å². The third kappa shape index (κ3) is 4.10. The van der Waals surface area contributed by atoms with Gasteiger partial charge in [-0.05, 0) is 55.7 Å². The van der Waals surface area contributed by atoms with Crippen molar-refractivity contribution >= 4 is 22.5 Å². The summed E-state index contributed by atoms with van der Waals surface area (Å²) in [4.78, 5) is 25.1. The molecule has 1 atom stereocenters. The van der Waals surface area contributed by atoms with E-state index in [4.69, 9.17) is 9.47 Å². The molecule has 2 aromatic carbocycles. The van der Waals surface area contributed by atoms with Crippen LogP contribution in [0.5, 0.6) is 0 Å². The van der Waals surface area contributed by atoms with E-state index < -0.39 is 5.97 Å². The third-order valence-electron chi connectivity index (χ3n) is 5.60. The number of aromatic nitrogens is 1. The molecule has 0 saturated carbocycles. The Bertz CT molecular complexity index is 1060. The normalized spacial score (nSPS) is 16.3. The Kier molecular flexibility index (Phi) is 5.49. The average molecular weight is 391 g/mol. The Morgan fingerprint density at radius 2 is 1.90 bits per heavy atom. The fraction of sp³-hybridized carbons (Fsp3) is 0.333. The zero-order valence-corrected chi connectivity index (χ0v) is 16.8. The molecule has 2 heterocycles. The highest BCUT2D eigenvalue weighted by Crippen LogP contribution is 2.21. The number of hydrogen-bond acceptors (Lipinski definition) is 4. The summed E-state index contributed by atoms with van der Waals surface area (Å²) < 4.78 is 13.1. The molecule has 0 aliphatic carbocycles. The van der Waals surface area contributed by atoms with Gasteiger partial charge in [-0.25, -0.2) is 4.79 Å². The summed E-state index contributed by atoms with van der Waals surface area (Å²) in [7, 11) is 0. The van der Waals surface area contributed by atoms with Gasteiger partial charge in [0.2, 0.25) is 5.78 Å². The quantitative estimate of drug-likeness (QED) is 0.459. The monoisotopic (exact) mass is 391 g/mol. The van der Waals surface area contributed by atoms with Crippen LogP contribution in [-0.2, 0) is 16.0 Å². The molecule has 0 amide bonds. The Balaban J connectivity index is 1.43. The number of benzene rings is 2. The van der Waals surface area contributed by atoms with Crippen molar-refractivity contribution in [3.05, 3.63) is 71.0 Å². The first kappa shape index (κ1) is 19.4. The van der Waals surface area contributed by atoms with Crippen molar-refractivity contribution in [2.75, 3.05) is 13.2 Å². The van der Waals surface area contributed by atoms with Gasteiger partial charge in [-0.2, -0.15) is 0 Å². The highest BCUT2D eigenvalue weighted by Gasteiger charge is 2.22. The number of fused-ring (bicyclic) bond motifs is 1. The minimum atomic E-state index is -0.489. The molecule has 1 aromatic heterocycles. The van der Waals surface area contributed by atoms with E-state index in [0.717, 1.165) is 48.2 Å². The number of ether oxygens (including phenoxy) is 2. The molecule has 5 heteroatoms. The Morgan fingerprint density at radius 1 is 1.10 bits per heavy atom. The fourth-order valence-electron chi connectivity index (χ4n) is 3.96. The third-order valence-corrected chi connectivity index (χ3v) is 5.60. The van der Waals surface area contributed by atoms with E-state index in [1.807, 2.05) is 50.2 Å². The van der Waals surface area contributed by atoms with Crippen LogP contribution in [0.4, 0.5) is 0 Å². The van der Waals surface area contributed by atoms with Crippen molar-refractivity contribution in [3.63, 3.8) is 0 Å². The number of esters is 1. The number of hydrogen-bond donors (Lipinski definition) is 0. The van der Waals surface area contributed by atoms with E-state index in [9.17, 15) is 9.59 Å². The Labute approximate surface area is 170 Å². The van der Waals surface area contributed by atoms with Gasteiger partial charge in [-0.3, -0.25) is 4.79 Å². The number of ketones is 1. The molecule has 0 radical (unpaired) electrons. The first-order valence-electron chi connectivity index (χ1n) is 10.0. The van der Waals surface area contributed by atoms with Crippen LogP contribution < -0.4 is 0 Å². The molecule has 1 saturated heterocycles. The maximum atomic E-state index is 12.7. The molecule has 150 valence electrons. The molecule has 3 aromatic rings. The maximum absolute atomic E-state index is 12.7. The molecule has 29 heavy (non-hydrogen) atoms. The molecule has 4 rings (SSSR count). The van der Waals surface area contributed by atoms with Crippen LogP contribution in [0.2, 0.25) is 0 Å². The first-order chi connectivity index (χ1) is 14.0. The summed E-state index contributed by atoms with van der Waals surface area (Å²) in [5.74, 6) is -0.678. The van der Waals surface area contributed by atoms with Gasteiger partial charge in [0.1, 0.15) is 0 Å². The van der Waals surface area contributed by atoms with Crippen LogP contribution in [0.3, 0.4) is 0 Å². The summed E-state index contributed by atoms with van der Waals surface area (Å²) in [6.07, 6.45) is 2.33. The predicted octanol–water partition coefficient (Wildman–Crippen LogP) is 4.48. The number of carbonyl (C=O) groups excluding carboxylic acids is 2. The van der Waals surface area contributed by atoms with Crippen LogP contribution >= 0.6 is 0 Å². The van der Waals surface area contributed by atoms with Gasteiger partial charge in [-0.15, -0.1) is 0 Å². The lowest BCUT2D eigenvalue weighted by atomic mass is 10.1. The molecule has 1 aliphatic heterocycles. The van der Waals surface area contributed by atoms with Crippen molar-refractivity contribution < 1.29 is 19.1 Å². The largest absolute Gasteiger partial charge is 0.454 e. The van der Waals surface area contributed by atoms with Crippen LogP contribution in [0.15, 0.2) is 48.5 Å². The van der Waals surface area contributed by atoms with Gasteiger partial charge >= 0.3 is 5.97 Å². The van der Waals surface area contributed by atoms with E-state index >= 15 is 0 Å². The molecular formula is C24H25NO4. The summed E-state index contributed by atoms with van der Waals surface area (Å²) in [6.45, 7) is 5.21. The average Bonchev–Trinajstić information content (AvgIpc) is 3.35. The van der Waals surface area contributed by atoms with Gasteiger partial charge in [0, 0.05) is 30.1 Å². The lowest BCUT2D eigenvalue weighted by molar-refractivity contribution is 0.0474. The standard InChI is InChI=1S/C24H25NO4/c1-16-12-22(17(2)25(16)14-21-8-5-11-28-21)23(26)15-29-24(27)20-10-9-18-6-3-4-7-19(18)13-20/h3-4,6-7,9-10,12-13,21H,5,8,11,14-15H2,1-2H3/t21-/m0/s1. The SMILES string of the molecule is Cc1cc(C(=O)COC(=O)c2ccc3ccccc3c2)c(C)n1C[C@@H]1CCCO1. The number of aryl methyl sites for hydroxylation is 1. The van der Waals surface area contributed by atoms with Crippen molar-refractivity contribution in [1.82, 2.24) is 4.57 Å². The van der Waals surface area contributed by atoms with E-state index in [1.54, 1.807) is 12.1 Å². The number of carbonyl (C=O) groups is 2. The zero-order chi connectivity index (χ0) is 20.4. The molecule has 0 spiro atoms. The number of nitrogens with zero attached hydrogens (tertiary/aromatic N) is 1. The van der Waals surface area contributed by atoms with Gasteiger partial charge in [0.15, 0.2) is 6.61 Å². The predicted molar refractivity (Wildman–Crippen MR) is 111 cm³/mol. The molecule has 1 aliphatic rings. The minimum Gasteiger partial charge on any atom is -0.454 e. The van der Waals surface area contributed by atoms with Crippen molar-refractivity contribution in [2.45, 2.75) is 39.3 Å². The van der Waals surface area contributed by atoms with Crippen molar-refractivity contribution in [1.29, 1.82) is 0 Å². The topological polar surface area (TPSA) is 57.5 Å². The molecule has 5 nitrogen and oxygen atoms in total. The van der Waals surface area contributed by atoms with Crippen LogP contribution in [0, 0.1) is 13.8 Å². The zero-order valence-electron chi connectivity index (χ0n) is 16.8. The van der Waals surface area contributed by atoms with E-state index in [-0.39, 0.29) is 18.5 Å². The van der Waals surface area contributed by atoms with Gasteiger partial charge in [-0.1, -0.05) is 30.3 Å². The second kappa shape index (κ2) is 8.21. The minimum absolute atomic E-state index is 0.189. The lowest BCUT2D eigenvalue weighted by Gasteiger charge is -2.14. The maximum Gasteiger partial charge on any atom is 0.338 e. The molecule has 0 unspecified atom stereocenters. The molecule has 1 fully saturated rings. The summed E-state index contributed by atoms with van der Waals surface area (Å²) in [6, 6.07) is 15.1. The van der Waals surface area contributed by atoms with Gasteiger partial charge < -0.3 is 14.0 Å². The highest BCUT2D eigenvalue weighted by atomic mass is 16.5.